The molecule has 0 fully saturated rings. The third-order valence-corrected chi connectivity index (χ3v) is 4.76. The van der Waals surface area contributed by atoms with Gasteiger partial charge in [-0.1, -0.05) is 0 Å². The molecule has 0 aromatic carbocycles. The standard InChI is InChI=1S/C13H18IN6OP/c1-13(2,21)7-18-10-3-11(17-5-8(10)4-15)12-9(16)6-20(19-12)22-14/h3-6,15,21-22H,7,16H2,1-2H3,(H,17,18). The van der Waals surface area contributed by atoms with Gasteiger partial charge in [0, 0.05) is 30.2 Å². The van der Waals surface area contributed by atoms with Gasteiger partial charge in [-0.2, -0.15) is 5.10 Å². The topological polar surface area (TPSA) is 113 Å². The summed E-state index contributed by atoms with van der Waals surface area (Å²) in [5.41, 5.74) is 8.30. The fourth-order valence-corrected chi connectivity index (χ4v) is 2.87. The molecule has 5 N–H and O–H groups in total. The van der Waals surface area contributed by atoms with Crippen LogP contribution in [0.4, 0.5) is 11.4 Å². The normalized spacial score (nSPS) is 12.0. The van der Waals surface area contributed by atoms with Crippen molar-refractivity contribution < 1.29 is 5.11 Å². The van der Waals surface area contributed by atoms with E-state index in [4.69, 9.17) is 11.1 Å². The SMILES string of the molecule is CC(C)(O)CNc1cc(-c2nn(PI)cc2N)ncc1C=N. The minimum absolute atomic E-state index is 0.357. The second-order valence-corrected chi connectivity index (χ2v) is 7.50. The van der Waals surface area contributed by atoms with Crippen molar-refractivity contribution in [3.05, 3.63) is 24.0 Å². The summed E-state index contributed by atoms with van der Waals surface area (Å²) < 4.78 is 1.77. The molecule has 2 heterocycles. The van der Waals surface area contributed by atoms with Gasteiger partial charge in [0.2, 0.25) is 0 Å². The molecule has 2 aromatic heterocycles. The number of aliphatic hydroxyl groups is 1. The highest BCUT2D eigenvalue weighted by Crippen LogP contribution is 2.31. The maximum Gasteiger partial charge on any atom is 0.134 e. The highest BCUT2D eigenvalue weighted by molar-refractivity contribution is 14.2. The Morgan fingerprint density at radius 1 is 1.59 bits per heavy atom. The Morgan fingerprint density at radius 3 is 2.86 bits per heavy atom. The van der Waals surface area contributed by atoms with Crippen LogP contribution in [0, 0.1) is 5.41 Å². The summed E-state index contributed by atoms with van der Waals surface area (Å²) in [4.78, 5) is 4.32. The fraction of sp³-hybridized carbons (Fsp3) is 0.308. The lowest BCUT2D eigenvalue weighted by Crippen LogP contribution is -2.29. The molecule has 1 atom stereocenters. The maximum absolute atomic E-state index is 9.84. The molecule has 7 nitrogen and oxygen atoms in total. The fourth-order valence-electron chi connectivity index (χ4n) is 1.80. The number of aromatic nitrogens is 3. The Balaban J connectivity index is 2.37. The molecule has 0 aliphatic rings. The van der Waals surface area contributed by atoms with E-state index in [2.05, 4.69) is 37.4 Å². The summed E-state index contributed by atoms with van der Waals surface area (Å²) in [6, 6.07) is 1.80. The average Bonchev–Trinajstić information content (AvgIpc) is 2.85. The summed E-state index contributed by atoms with van der Waals surface area (Å²) in [6.07, 6.45) is 5.05. The van der Waals surface area contributed by atoms with Crippen LogP contribution < -0.4 is 11.1 Å². The van der Waals surface area contributed by atoms with Gasteiger partial charge in [0.15, 0.2) is 0 Å². The highest BCUT2D eigenvalue weighted by Gasteiger charge is 2.15. The lowest BCUT2D eigenvalue weighted by molar-refractivity contribution is 0.0945. The van der Waals surface area contributed by atoms with E-state index in [0.717, 1.165) is 0 Å². The van der Waals surface area contributed by atoms with Crippen molar-refractivity contribution in [3.63, 3.8) is 0 Å². The minimum Gasteiger partial charge on any atom is -0.396 e. The Bertz CT molecular complexity index is 682. The van der Waals surface area contributed by atoms with Crippen molar-refractivity contribution >= 4 is 46.0 Å². The first-order valence-corrected chi connectivity index (χ1v) is 10.6. The minimum atomic E-state index is -0.855. The van der Waals surface area contributed by atoms with Crippen LogP contribution in [0.5, 0.6) is 0 Å². The molecule has 22 heavy (non-hydrogen) atoms. The lowest BCUT2D eigenvalue weighted by atomic mass is 10.1. The van der Waals surface area contributed by atoms with E-state index in [1.807, 2.05) is 0 Å². The quantitative estimate of drug-likeness (QED) is 0.318. The van der Waals surface area contributed by atoms with Gasteiger partial charge in [-0.3, -0.25) is 4.98 Å². The highest BCUT2D eigenvalue weighted by atomic mass is 127. The Hall–Kier alpha value is -1.25. The summed E-state index contributed by atoms with van der Waals surface area (Å²) in [5, 5.41) is 24.8. The van der Waals surface area contributed by atoms with Crippen LogP contribution in [-0.4, -0.2) is 38.0 Å². The molecular weight excluding hydrogens is 414 g/mol. The number of nitrogens with one attached hydrogen (secondary N) is 2. The Morgan fingerprint density at radius 2 is 2.32 bits per heavy atom. The van der Waals surface area contributed by atoms with E-state index in [0.29, 0.717) is 41.2 Å². The second kappa shape index (κ2) is 6.89. The van der Waals surface area contributed by atoms with E-state index in [1.54, 1.807) is 36.8 Å². The van der Waals surface area contributed by atoms with Crippen LogP contribution in [0.25, 0.3) is 11.4 Å². The van der Waals surface area contributed by atoms with Crippen LogP contribution in [-0.2, 0) is 0 Å². The number of anilines is 2. The molecule has 1 unspecified atom stereocenters. The van der Waals surface area contributed by atoms with Gasteiger partial charge in [0.25, 0.3) is 0 Å². The number of pyridine rings is 1. The maximum atomic E-state index is 9.84. The van der Waals surface area contributed by atoms with Gasteiger partial charge in [0.1, 0.15) is 5.69 Å². The molecule has 0 aliphatic heterocycles. The van der Waals surface area contributed by atoms with Crippen molar-refractivity contribution in [2.45, 2.75) is 19.4 Å². The number of hydrogen-bond donors (Lipinski definition) is 4. The summed E-state index contributed by atoms with van der Waals surface area (Å²) in [6.45, 7) is 3.79. The van der Waals surface area contributed by atoms with E-state index >= 15 is 0 Å². The summed E-state index contributed by atoms with van der Waals surface area (Å²) in [5.74, 6) is 0. The van der Waals surface area contributed by atoms with Crippen LogP contribution in [0.1, 0.15) is 19.4 Å². The molecule has 9 heteroatoms. The molecule has 0 bridgehead atoms. The number of nitrogens with two attached hydrogens (primary N) is 1. The van der Waals surface area contributed by atoms with E-state index in [9.17, 15) is 5.11 Å². The number of nitrogens with zero attached hydrogens (tertiary/aromatic N) is 3. The summed E-state index contributed by atoms with van der Waals surface area (Å²) in [7, 11) is 0. The van der Waals surface area contributed by atoms with Gasteiger partial charge < -0.3 is 21.6 Å². The van der Waals surface area contributed by atoms with Gasteiger partial charge in [-0.05, 0) is 42.0 Å². The molecule has 0 saturated heterocycles. The predicted molar refractivity (Wildman–Crippen MR) is 100 cm³/mol. The lowest BCUT2D eigenvalue weighted by Gasteiger charge is -2.19. The zero-order valence-corrected chi connectivity index (χ0v) is 15.4. The van der Waals surface area contributed by atoms with E-state index in [-0.39, 0.29) is 0 Å². The van der Waals surface area contributed by atoms with E-state index in [1.165, 1.54) is 6.21 Å². The molecule has 2 rings (SSSR count). The van der Waals surface area contributed by atoms with Crippen molar-refractivity contribution in [1.29, 1.82) is 5.41 Å². The molecule has 0 radical (unpaired) electrons. The molecule has 0 spiro atoms. The number of rotatable bonds is 6. The summed E-state index contributed by atoms with van der Waals surface area (Å²) >= 11 is 2.23. The van der Waals surface area contributed by atoms with Crippen LogP contribution in [0.15, 0.2) is 18.5 Å². The largest absolute Gasteiger partial charge is 0.396 e. The van der Waals surface area contributed by atoms with Crippen LogP contribution >= 0.6 is 28.4 Å². The Kier molecular flexibility index (Phi) is 5.36. The van der Waals surface area contributed by atoms with Gasteiger partial charge in [-0.25, -0.2) is 4.45 Å². The van der Waals surface area contributed by atoms with Gasteiger partial charge in [-0.15, -0.1) is 0 Å². The zero-order chi connectivity index (χ0) is 16.3. The first-order chi connectivity index (χ1) is 10.3. The first kappa shape index (κ1) is 17.1. The second-order valence-electron chi connectivity index (χ2n) is 5.43. The molecule has 0 aliphatic carbocycles. The first-order valence-electron chi connectivity index (χ1n) is 6.53. The van der Waals surface area contributed by atoms with Gasteiger partial charge >= 0.3 is 0 Å². The van der Waals surface area contributed by atoms with Crippen molar-refractivity contribution in [2.24, 2.45) is 0 Å². The Labute approximate surface area is 143 Å². The van der Waals surface area contributed by atoms with Crippen LogP contribution in [0.3, 0.4) is 0 Å². The molecular formula is C13H18IN6OP. The van der Waals surface area contributed by atoms with Crippen LogP contribution in [0.2, 0.25) is 0 Å². The third-order valence-electron chi connectivity index (χ3n) is 2.87. The monoisotopic (exact) mass is 432 g/mol. The number of nitrogen functional groups attached to an aromatic ring is 1. The average molecular weight is 432 g/mol. The van der Waals surface area contributed by atoms with Gasteiger partial charge in [0.05, 0.1) is 29.6 Å². The zero-order valence-electron chi connectivity index (χ0n) is 12.3. The molecule has 0 amide bonds. The third kappa shape index (κ3) is 4.15. The van der Waals surface area contributed by atoms with Crippen molar-refractivity contribution in [1.82, 2.24) is 14.5 Å². The molecule has 0 saturated carbocycles. The number of hydrogen-bond acceptors (Lipinski definition) is 6. The molecule has 2 aromatic rings. The van der Waals surface area contributed by atoms with Crippen molar-refractivity contribution in [2.75, 3.05) is 17.6 Å². The smallest absolute Gasteiger partial charge is 0.134 e. The predicted octanol–water partition coefficient (Wildman–Crippen LogP) is 2.50. The molecule has 118 valence electrons. The number of halogens is 1. The van der Waals surface area contributed by atoms with E-state index < -0.39 is 5.60 Å². The van der Waals surface area contributed by atoms with Crippen molar-refractivity contribution in [3.8, 4) is 11.4 Å².